The van der Waals surface area contributed by atoms with Crippen molar-refractivity contribution in [2.75, 3.05) is 0 Å². The molecule has 0 radical (unpaired) electrons. The van der Waals surface area contributed by atoms with Crippen LogP contribution in [0.1, 0.15) is 25.0 Å². The van der Waals surface area contributed by atoms with Gasteiger partial charge in [0.25, 0.3) is 0 Å². The van der Waals surface area contributed by atoms with Crippen LogP contribution in [0.5, 0.6) is 0 Å². The Bertz CT molecular complexity index is 469. The summed E-state index contributed by atoms with van der Waals surface area (Å²) in [7, 11) is 0. The number of benzene rings is 1. The second kappa shape index (κ2) is 4.52. The zero-order valence-electron chi connectivity index (χ0n) is 8.54. The predicted molar refractivity (Wildman–Crippen MR) is 55.4 cm³/mol. The lowest BCUT2D eigenvalue weighted by molar-refractivity contribution is -0.113. The third kappa shape index (κ3) is 2.75. The highest BCUT2D eigenvalue weighted by molar-refractivity contribution is 5.97. The molecule has 1 aromatic carbocycles. The van der Waals surface area contributed by atoms with Gasteiger partial charge in [0, 0.05) is 0 Å². The van der Waals surface area contributed by atoms with Crippen molar-refractivity contribution < 1.29 is 9.18 Å². The summed E-state index contributed by atoms with van der Waals surface area (Å²) in [6, 6.07) is 5.92. The molecule has 3 heteroatoms. The lowest BCUT2D eigenvalue weighted by atomic mass is 10.1. The van der Waals surface area contributed by atoms with Gasteiger partial charge in [0.1, 0.15) is 11.9 Å². The van der Waals surface area contributed by atoms with Crippen LogP contribution in [-0.2, 0) is 4.79 Å². The number of carbonyl (C=O) groups is 1. The third-order valence-electron chi connectivity index (χ3n) is 2.05. The quantitative estimate of drug-likeness (QED) is 0.693. The maximum atomic E-state index is 13.0. The highest BCUT2D eigenvalue weighted by atomic mass is 19.1. The second-order valence-corrected chi connectivity index (χ2v) is 3.23. The fourth-order valence-electron chi connectivity index (χ4n) is 1.07. The lowest BCUT2D eigenvalue weighted by Crippen LogP contribution is -1.91. The van der Waals surface area contributed by atoms with Crippen molar-refractivity contribution >= 4 is 11.9 Å². The normalized spacial score (nSPS) is 10.9. The number of ketones is 1. The maximum absolute atomic E-state index is 13.0. The van der Waals surface area contributed by atoms with Crippen molar-refractivity contribution in [3.8, 4) is 6.07 Å². The highest BCUT2D eigenvalue weighted by Gasteiger charge is 2.02. The van der Waals surface area contributed by atoms with Crippen LogP contribution in [0.3, 0.4) is 0 Å². The molecule has 0 fully saturated rings. The minimum Gasteiger partial charge on any atom is -0.295 e. The van der Waals surface area contributed by atoms with E-state index in [4.69, 9.17) is 5.26 Å². The van der Waals surface area contributed by atoms with E-state index < -0.39 is 5.82 Å². The van der Waals surface area contributed by atoms with Crippen molar-refractivity contribution in [3.05, 3.63) is 40.7 Å². The van der Waals surface area contributed by atoms with Gasteiger partial charge in [-0.3, -0.25) is 4.79 Å². The van der Waals surface area contributed by atoms with E-state index in [1.165, 1.54) is 25.1 Å². The molecule has 0 aliphatic rings. The first kappa shape index (κ1) is 11.1. The average molecular weight is 203 g/mol. The first-order valence-corrected chi connectivity index (χ1v) is 4.43. The molecule has 76 valence electrons. The molecular formula is C12H10FNO. The Labute approximate surface area is 87.7 Å². The number of halogens is 1. The van der Waals surface area contributed by atoms with Crippen LogP contribution in [0.25, 0.3) is 6.08 Å². The molecule has 0 unspecified atom stereocenters. The SMILES string of the molecule is CC(=O)/C(C)=C/c1ccc(F)c(C#N)c1. The summed E-state index contributed by atoms with van der Waals surface area (Å²) in [4.78, 5) is 11.0. The minimum atomic E-state index is -0.546. The van der Waals surface area contributed by atoms with Gasteiger partial charge >= 0.3 is 0 Å². The summed E-state index contributed by atoms with van der Waals surface area (Å²) in [6.45, 7) is 3.14. The van der Waals surface area contributed by atoms with E-state index in [9.17, 15) is 9.18 Å². The van der Waals surface area contributed by atoms with Gasteiger partial charge in [-0.25, -0.2) is 4.39 Å². The molecule has 0 aliphatic heterocycles. The van der Waals surface area contributed by atoms with E-state index in [0.717, 1.165) is 0 Å². The van der Waals surface area contributed by atoms with E-state index in [0.29, 0.717) is 11.1 Å². The van der Waals surface area contributed by atoms with Crippen LogP contribution in [0.4, 0.5) is 4.39 Å². The van der Waals surface area contributed by atoms with E-state index in [1.807, 2.05) is 0 Å². The van der Waals surface area contributed by atoms with Crippen LogP contribution in [0.15, 0.2) is 23.8 Å². The fourth-order valence-corrected chi connectivity index (χ4v) is 1.07. The van der Waals surface area contributed by atoms with Gasteiger partial charge in [0.2, 0.25) is 0 Å². The van der Waals surface area contributed by atoms with Gasteiger partial charge in [-0.15, -0.1) is 0 Å². The van der Waals surface area contributed by atoms with Crippen molar-refractivity contribution in [2.45, 2.75) is 13.8 Å². The molecule has 0 spiro atoms. The van der Waals surface area contributed by atoms with Crippen LogP contribution >= 0.6 is 0 Å². The Morgan fingerprint density at radius 3 is 2.67 bits per heavy atom. The summed E-state index contributed by atoms with van der Waals surface area (Å²) < 4.78 is 13.0. The number of Topliss-reactive ketones (excluding diaryl/α,β-unsaturated/α-hetero) is 1. The van der Waals surface area contributed by atoms with Gasteiger partial charge in [0.05, 0.1) is 5.56 Å². The summed E-state index contributed by atoms with van der Waals surface area (Å²) >= 11 is 0. The first-order chi connectivity index (χ1) is 7.04. The minimum absolute atomic E-state index is 0.0138. The number of carbonyl (C=O) groups excluding carboxylic acids is 1. The molecular weight excluding hydrogens is 193 g/mol. The summed E-state index contributed by atoms with van der Waals surface area (Å²) in [6.07, 6.45) is 1.63. The number of rotatable bonds is 2. The zero-order chi connectivity index (χ0) is 11.4. The van der Waals surface area contributed by atoms with Crippen LogP contribution in [0.2, 0.25) is 0 Å². The van der Waals surface area contributed by atoms with Gasteiger partial charge in [0.15, 0.2) is 5.78 Å². The molecule has 0 saturated heterocycles. The Hall–Kier alpha value is -1.95. The van der Waals surface area contributed by atoms with Crippen molar-refractivity contribution in [2.24, 2.45) is 0 Å². The Morgan fingerprint density at radius 1 is 1.47 bits per heavy atom. The molecule has 15 heavy (non-hydrogen) atoms. The van der Waals surface area contributed by atoms with Gasteiger partial charge in [-0.05, 0) is 43.2 Å². The molecule has 0 atom stereocenters. The van der Waals surface area contributed by atoms with Crippen LogP contribution in [0, 0.1) is 17.1 Å². The molecule has 0 amide bonds. The molecule has 0 aliphatic carbocycles. The van der Waals surface area contributed by atoms with Crippen molar-refractivity contribution in [3.63, 3.8) is 0 Å². The van der Waals surface area contributed by atoms with Gasteiger partial charge in [-0.1, -0.05) is 6.07 Å². The number of allylic oxidation sites excluding steroid dienone is 1. The Kier molecular flexibility index (Phi) is 3.35. The predicted octanol–water partition coefficient (Wildman–Crippen LogP) is 2.69. The first-order valence-electron chi connectivity index (χ1n) is 4.43. The molecule has 0 N–H and O–H groups in total. The van der Waals surface area contributed by atoms with Crippen LogP contribution in [-0.4, -0.2) is 5.78 Å². The second-order valence-electron chi connectivity index (χ2n) is 3.23. The van der Waals surface area contributed by atoms with Crippen molar-refractivity contribution in [1.29, 1.82) is 5.26 Å². The van der Waals surface area contributed by atoms with Gasteiger partial charge in [-0.2, -0.15) is 5.26 Å². The molecule has 0 heterocycles. The smallest absolute Gasteiger partial charge is 0.155 e. The third-order valence-corrected chi connectivity index (χ3v) is 2.05. The number of nitrogens with zero attached hydrogens (tertiary/aromatic N) is 1. The van der Waals surface area contributed by atoms with Crippen LogP contribution < -0.4 is 0 Å². The highest BCUT2D eigenvalue weighted by Crippen LogP contribution is 2.12. The zero-order valence-corrected chi connectivity index (χ0v) is 8.54. The fraction of sp³-hybridized carbons (Fsp3) is 0.167. The van der Waals surface area contributed by atoms with E-state index >= 15 is 0 Å². The van der Waals surface area contributed by atoms with E-state index in [-0.39, 0.29) is 11.3 Å². The Balaban J connectivity index is 3.14. The van der Waals surface area contributed by atoms with Crippen molar-refractivity contribution in [1.82, 2.24) is 0 Å². The monoisotopic (exact) mass is 203 g/mol. The summed E-state index contributed by atoms with van der Waals surface area (Å²) in [5.74, 6) is -0.590. The molecule has 0 aromatic heterocycles. The number of hydrogen-bond donors (Lipinski definition) is 0. The standard InChI is InChI=1S/C12H10FNO/c1-8(9(2)15)5-10-3-4-12(13)11(6-10)7-14/h3-6H,1-2H3/b8-5+. The topological polar surface area (TPSA) is 40.9 Å². The average Bonchev–Trinajstić information content (AvgIpc) is 2.20. The van der Waals surface area contributed by atoms with E-state index in [2.05, 4.69) is 0 Å². The molecule has 1 rings (SSSR count). The van der Waals surface area contributed by atoms with Gasteiger partial charge < -0.3 is 0 Å². The summed E-state index contributed by atoms with van der Waals surface area (Å²) in [5, 5.41) is 8.61. The number of nitriles is 1. The lowest BCUT2D eigenvalue weighted by Gasteiger charge is -1.98. The number of hydrogen-bond acceptors (Lipinski definition) is 2. The van der Waals surface area contributed by atoms with E-state index in [1.54, 1.807) is 19.1 Å². The maximum Gasteiger partial charge on any atom is 0.155 e. The molecule has 0 saturated carbocycles. The Morgan fingerprint density at radius 2 is 2.13 bits per heavy atom. The molecule has 1 aromatic rings. The molecule has 0 bridgehead atoms. The largest absolute Gasteiger partial charge is 0.295 e. The molecule has 2 nitrogen and oxygen atoms in total. The summed E-state index contributed by atoms with van der Waals surface area (Å²) in [5.41, 5.74) is 1.21.